The predicted octanol–water partition coefficient (Wildman–Crippen LogP) is 2.40. The van der Waals surface area contributed by atoms with Crippen molar-refractivity contribution in [1.82, 2.24) is 20.0 Å². The van der Waals surface area contributed by atoms with Crippen LogP contribution in [0.2, 0.25) is 0 Å². The topological polar surface area (TPSA) is 50.2 Å². The van der Waals surface area contributed by atoms with Gasteiger partial charge in [0.15, 0.2) is 0 Å². The van der Waals surface area contributed by atoms with E-state index in [0.717, 1.165) is 25.1 Å². The lowest BCUT2D eigenvalue weighted by molar-refractivity contribution is -0.134. The van der Waals surface area contributed by atoms with Gasteiger partial charge < -0.3 is 10.2 Å². The van der Waals surface area contributed by atoms with Crippen molar-refractivity contribution in [1.29, 1.82) is 0 Å². The number of aryl methyl sites for hydroxylation is 1. The largest absolute Gasteiger partial charge is 0.338 e. The molecule has 0 saturated carbocycles. The monoisotopic (exact) mass is 374 g/mol. The highest BCUT2D eigenvalue weighted by atomic mass is 35.5. The van der Waals surface area contributed by atoms with E-state index in [9.17, 15) is 4.79 Å². The fraction of sp³-hybridized carbons (Fsp3) is 0.400. The molecule has 5 nitrogen and oxygen atoms in total. The van der Waals surface area contributed by atoms with Crippen LogP contribution in [-0.2, 0) is 18.3 Å². The molecule has 6 heteroatoms. The van der Waals surface area contributed by atoms with E-state index in [1.165, 1.54) is 5.56 Å². The number of rotatable bonds is 7. The van der Waals surface area contributed by atoms with E-state index in [1.807, 2.05) is 48.6 Å². The van der Waals surface area contributed by atoms with Crippen LogP contribution in [-0.4, -0.2) is 46.8 Å². The maximum Gasteiger partial charge on any atom is 0.227 e. The Balaban J connectivity index is 0.00000243. The maximum absolute atomic E-state index is 13.2. The molecule has 0 spiro atoms. The second-order valence-corrected chi connectivity index (χ2v) is 6.63. The van der Waals surface area contributed by atoms with Gasteiger partial charge >= 0.3 is 0 Å². The van der Waals surface area contributed by atoms with Gasteiger partial charge in [0.25, 0.3) is 0 Å². The van der Waals surface area contributed by atoms with E-state index in [-0.39, 0.29) is 30.2 Å². The molecule has 1 saturated heterocycles. The van der Waals surface area contributed by atoms with Gasteiger partial charge in [0.05, 0.1) is 12.1 Å². The van der Waals surface area contributed by atoms with E-state index in [4.69, 9.17) is 0 Å². The van der Waals surface area contributed by atoms with Crippen molar-refractivity contribution in [3.63, 3.8) is 0 Å². The molecule has 3 rings (SSSR count). The summed E-state index contributed by atoms with van der Waals surface area (Å²) in [6.45, 7) is 6.66. The minimum Gasteiger partial charge on any atom is -0.338 e. The Hall–Kier alpha value is -2.11. The number of amides is 1. The zero-order chi connectivity index (χ0) is 17.6. The van der Waals surface area contributed by atoms with E-state index in [0.29, 0.717) is 13.1 Å². The summed E-state index contributed by atoms with van der Waals surface area (Å²) >= 11 is 0. The SMILES string of the molecule is C=CCN(CCc1ccccc1)C(=O)[C@H]1CNC[C@@H]1c1cnn(C)c1.Cl. The minimum atomic E-state index is -0.0417. The molecule has 2 aromatic rings. The Bertz CT molecular complexity index is 716. The Labute approximate surface area is 161 Å². The maximum atomic E-state index is 13.2. The molecule has 1 aromatic heterocycles. The molecular formula is C20H27ClN4O. The second-order valence-electron chi connectivity index (χ2n) is 6.63. The Morgan fingerprint density at radius 2 is 2.15 bits per heavy atom. The van der Waals surface area contributed by atoms with Crippen molar-refractivity contribution in [2.24, 2.45) is 13.0 Å². The van der Waals surface area contributed by atoms with Crippen LogP contribution in [0.15, 0.2) is 55.4 Å². The van der Waals surface area contributed by atoms with Crippen LogP contribution in [0.5, 0.6) is 0 Å². The minimum absolute atomic E-state index is 0. The predicted molar refractivity (Wildman–Crippen MR) is 106 cm³/mol. The summed E-state index contributed by atoms with van der Waals surface area (Å²) in [5.74, 6) is 0.347. The molecule has 1 N–H and O–H groups in total. The highest BCUT2D eigenvalue weighted by Crippen LogP contribution is 2.29. The van der Waals surface area contributed by atoms with Crippen molar-refractivity contribution in [3.8, 4) is 0 Å². The fourth-order valence-electron chi connectivity index (χ4n) is 3.51. The quantitative estimate of drug-likeness (QED) is 0.757. The van der Waals surface area contributed by atoms with Crippen LogP contribution < -0.4 is 5.32 Å². The molecule has 1 fully saturated rings. The molecule has 1 aliphatic rings. The van der Waals surface area contributed by atoms with Gasteiger partial charge in [0.2, 0.25) is 5.91 Å². The van der Waals surface area contributed by atoms with Crippen molar-refractivity contribution in [2.45, 2.75) is 12.3 Å². The first kappa shape index (κ1) is 20.2. The molecule has 0 aliphatic carbocycles. The molecule has 2 heterocycles. The van der Waals surface area contributed by atoms with Gasteiger partial charge in [-0.05, 0) is 17.5 Å². The number of benzene rings is 1. The standard InChI is InChI=1S/C20H26N4O.ClH/c1-3-10-24(11-9-16-7-5-4-6-8-16)20(25)19-14-21-13-18(19)17-12-22-23(2)15-17;/h3-8,12,15,18-19,21H,1,9-11,13-14H2,2H3;1H/t18-,19+;/m1./s1. The molecule has 1 aliphatic heterocycles. The van der Waals surface area contributed by atoms with Crippen molar-refractivity contribution >= 4 is 18.3 Å². The van der Waals surface area contributed by atoms with Crippen molar-refractivity contribution in [3.05, 3.63) is 66.5 Å². The van der Waals surface area contributed by atoms with E-state index < -0.39 is 0 Å². The summed E-state index contributed by atoms with van der Waals surface area (Å²) in [7, 11) is 1.91. The number of nitrogens with zero attached hydrogens (tertiary/aromatic N) is 3. The van der Waals surface area contributed by atoms with E-state index in [2.05, 4.69) is 29.1 Å². The van der Waals surface area contributed by atoms with Crippen LogP contribution in [0.25, 0.3) is 0 Å². The van der Waals surface area contributed by atoms with Gasteiger partial charge in [0.1, 0.15) is 0 Å². The molecule has 0 radical (unpaired) electrons. The van der Waals surface area contributed by atoms with Gasteiger partial charge in [0, 0.05) is 45.3 Å². The summed E-state index contributed by atoms with van der Waals surface area (Å²) in [6.07, 6.45) is 6.56. The van der Waals surface area contributed by atoms with Gasteiger partial charge in [-0.15, -0.1) is 19.0 Å². The summed E-state index contributed by atoms with van der Waals surface area (Å²) < 4.78 is 1.80. The average molecular weight is 375 g/mol. The number of carbonyl (C=O) groups excluding carboxylic acids is 1. The third kappa shape index (κ3) is 4.74. The molecular weight excluding hydrogens is 348 g/mol. The van der Waals surface area contributed by atoms with Gasteiger partial charge in [-0.25, -0.2) is 0 Å². The van der Waals surface area contributed by atoms with E-state index >= 15 is 0 Å². The van der Waals surface area contributed by atoms with E-state index in [1.54, 1.807) is 4.68 Å². The van der Waals surface area contributed by atoms with Gasteiger partial charge in [-0.2, -0.15) is 5.10 Å². The lowest BCUT2D eigenvalue weighted by Crippen LogP contribution is -2.40. The first-order chi connectivity index (χ1) is 12.2. The summed E-state index contributed by atoms with van der Waals surface area (Å²) in [4.78, 5) is 15.1. The third-order valence-corrected chi connectivity index (χ3v) is 4.86. The van der Waals surface area contributed by atoms with Crippen LogP contribution >= 0.6 is 12.4 Å². The molecule has 1 aromatic carbocycles. The van der Waals surface area contributed by atoms with Crippen LogP contribution in [0, 0.1) is 5.92 Å². The Morgan fingerprint density at radius 3 is 2.81 bits per heavy atom. The zero-order valence-corrected chi connectivity index (χ0v) is 16.0. The zero-order valence-electron chi connectivity index (χ0n) is 15.2. The molecule has 26 heavy (non-hydrogen) atoms. The van der Waals surface area contributed by atoms with Crippen LogP contribution in [0.1, 0.15) is 17.0 Å². The van der Waals surface area contributed by atoms with Crippen LogP contribution in [0.3, 0.4) is 0 Å². The lowest BCUT2D eigenvalue weighted by Gasteiger charge is -2.27. The van der Waals surface area contributed by atoms with Crippen LogP contribution in [0.4, 0.5) is 0 Å². The summed E-state index contributed by atoms with van der Waals surface area (Å²) in [5, 5.41) is 7.63. The second kappa shape index (κ2) is 9.55. The first-order valence-corrected chi connectivity index (χ1v) is 8.82. The summed E-state index contributed by atoms with van der Waals surface area (Å²) in [5.41, 5.74) is 2.38. The number of halogens is 1. The molecule has 1 amide bonds. The van der Waals surface area contributed by atoms with Gasteiger partial charge in [-0.1, -0.05) is 36.4 Å². The smallest absolute Gasteiger partial charge is 0.227 e. The third-order valence-electron chi connectivity index (χ3n) is 4.86. The number of hydrogen-bond acceptors (Lipinski definition) is 3. The first-order valence-electron chi connectivity index (χ1n) is 8.82. The summed E-state index contributed by atoms with van der Waals surface area (Å²) in [6, 6.07) is 10.3. The lowest BCUT2D eigenvalue weighted by atomic mass is 9.89. The molecule has 2 atom stereocenters. The number of aromatic nitrogens is 2. The normalized spacial score (nSPS) is 19.0. The highest BCUT2D eigenvalue weighted by Gasteiger charge is 2.36. The fourth-order valence-corrected chi connectivity index (χ4v) is 3.51. The molecule has 0 bridgehead atoms. The Morgan fingerprint density at radius 1 is 1.38 bits per heavy atom. The number of hydrogen-bond donors (Lipinski definition) is 1. The number of nitrogens with one attached hydrogen (secondary N) is 1. The average Bonchev–Trinajstić information content (AvgIpc) is 3.27. The molecule has 140 valence electrons. The highest BCUT2D eigenvalue weighted by molar-refractivity contribution is 5.85. The van der Waals surface area contributed by atoms with Crippen molar-refractivity contribution < 1.29 is 4.79 Å². The van der Waals surface area contributed by atoms with Crippen molar-refractivity contribution in [2.75, 3.05) is 26.2 Å². The number of carbonyl (C=O) groups is 1. The van der Waals surface area contributed by atoms with Gasteiger partial charge in [-0.3, -0.25) is 9.48 Å². The Kier molecular flexibility index (Phi) is 7.42. The molecule has 0 unspecified atom stereocenters.